The number of anilines is 1. The van der Waals surface area contributed by atoms with Gasteiger partial charge in [0.05, 0.1) is 5.69 Å². The first-order valence-corrected chi connectivity index (χ1v) is 6.53. The summed E-state index contributed by atoms with van der Waals surface area (Å²) in [6, 6.07) is 9.04. The first-order valence-electron chi connectivity index (χ1n) is 5.33. The van der Waals surface area contributed by atoms with Crippen LogP contribution in [0.25, 0.3) is 0 Å². The van der Waals surface area contributed by atoms with Crippen LogP contribution in [0, 0.1) is 11.6 Å². The molecule has 0 aliphatic carbocycles. The summed E-state index contributed by atoms with van der Waals surface area (Å²) < 4.78 is 1.55. The summed E-state index contributed by atoms with van der Waals surface area (Å²) in [6.07, 6.45) is 1.67. The number of benzene rings is 1. The largest absolute Gasteiger partial charge is 0.351 e. The Morgan fingerprint density at radius 1 is 1.33 bits per heavy atom. The van der Waals surface area contributed by atoms with Crippen molar-refractivity contribution in [2.75, 3.05) is 5.32 Å². The third kappa shape index (κ3) is 2.86. The molecule has 2 aromatic rings. The Labute approximate surface area is 118 Å². The summed E-state index contributed by atoms with van der Waals surface area (Å²) in [5, 5.41) is 2.82. The van der Waals surface area contributed by atoms with Gasteiger partial charge in [-0.2, -0.15) is 0 Å². The van der Waals surface area contributed by atoms with E-state index in [1.54, 1.807) is 24.4 Å². The van der Waals surface area contributed by atoms with E-state index in [1.807, 2.05) is 19.1 Å². The molecule has 3 nitrogen and oxygen atoms in total. The molecule has 1 amide bonds. The monoisotopic (exact) mass is 322 g/mol. The number of carbonyl (C=O) groups excluding carboxylic acids is 1. The number of carbonyl (C=O) groups is 1. The zero-order valence-electron chi connectivity index (χ0n) is 9.66. The number of amides is 1. The second kappa shape index (κ2) is 5.46. The number of nitrogens with one attached hydrogen (secondary N) is 2. The Bertz CT molecular complexity index is 631. The molecule has 2 N–H and O–H groups in total. The van der Waals surface area contributed by atoms with Crippen molar-refractivity contribution in [3.05, 3.63) is 56.8 Å². The van der Waals surface area contributed by atoms with E-state index in [0.29, 0.717) is 15.9 Å². The van der Waals surface area contributed by atoms with Crippen LogP contribution in [-0.4, -0.2) is 10.9 Å². The van der Waals surface area contributed by atoms with Crippen LogP contribution in [0.3, 0.4) is 0 Å². The van der Waals surface area contributed by atoms with Crippen molar-refractivity contribution in [3.8, 4) is 0 Å². The van der Waals surface area contributed by atoms with Gasteiger partial charge in [0.15, 0.2) is 0 Å². The molecule has 1 heterocycles. The van der Waals surface area contributed by atoms with Crippen LogP contribution >= 0.6 is 28.1 Å². The zero-order valence-corrected chi connectivity index (χ0v) is 12.1. The van der Waals surface area contributed by atoms with E-state index in [2.05, 4.69) is 26.2 Å². The summed E-state index contributed by atoms with van der Waals surface area (Å²) in [7, 11) is 0. The number of hydrogen-bond donors (Lipinski definition) is 2. The molecular weight excluding hydrogens is 312 g/mol. The zero-order chi connectivity index (χ0) is 13.1. The molecule has 0 aliphatic heterocycles. The van der Waals surface area contributed by atoms with Gasteiger partial charge in [-0.15, -0.1) is 0 Å². The van der Waals surface area contributed by atoms with Crippen LogP contribution in [0.15, 0.2) is 41.0 Å². The van der Waals surface area contributed by atoms with Crippen LogP contribution in [-0.2, 0) is 0 Å². The highest BCUT2D eigenvalue weighted by Crippen LogP contribution is 2.20. The highest BCUT2D eigenvalue weighted by Gasteiger charge is 2.10. The van der Waals surface area contributed by atoms with Crippen molar-refractivity contribution in [3.63, 3.8) is 0 Å². The number of pyridine rings is 1. The predicted octanol–water partition coefficient (Wildman–Crippen LogP) is 4.07. The molecule has 0 unspecified atom stereocenters. The van der Waals surface area contributed by atoms with Crippen molar-refractivity contribution < 1.29 is 4.79 Å². The summed E-state index contributed by atoms with van der Waals surface area (Å²) >= 11 is 8.35. The molecule has 5 heteroatoms. The van der Waals surface area contributed by atoms with E-state index in [1.165, 1.54) is 0 Å². The number of aromatic nitrogens is 1. The van der Waals surface area contributed by atoms with E-state index in [0.717, 1.165) is 10.0 Å². The second-order valence-corrected chi connectivity index (χ2v) is 5.10. The van der Waals surface area contributed by atoms with Gasteiger partial charge in [0, 0.05) is 16.2 Å². The average molecular weight is 323 g/mol. The molecule has 92 valence electrons. The molecule has 0 aliphatic rings. The molecule has 0 bridgehead atoms. The topological polar surface area (TPSA) is 44.9 Å². The Morgan fingerprint density at radius 3 is 2.78 bits per heavy atom. The van der Waals surface area contributed by atoms with Crippen molar-refractivity contribution >= 4 is 39.7 Å². The number of H-pyrrole nitrogens is 1. The van der Waals surface area contributed by atoms with Crippen LogP contribution in [0.5, 0.6) is 0 Å². The van der Waals surface area contributed by atoms with Gasteiger partial charge in [0.2, 0.25) is 0 Å². The van der Waals surface area contributed by atoms with Crippen LogP contribution < -0.4 is 5.32 Å². The van der Waals surface area contributed by atoms with E-state index in [9.17, 15) is 4.79 Å². The molecule has 0 saturated heterocycles. The standard InChI is InChI=1S/C13H11BrN2OS/c1-8-10(3-2-4-11(8)14)13(17)16-9-5-6-12(18)15-7-9/h2-7H,1H3,(H,15,18)(H,16,17). The van der Waals surface area contributed by atoms with Crippen molar-refractivity contribution in [1.29, 1.82) is 0 Å². The maximum atomic E-state index is 12.1. The number of halogens is 1. The van der Waals surface area contributed by atoms with E-state index in [-0.39, 0.29) is 5.91 Å². The number of aromatic amines is 1. The van der Waals surface area contributed by atoms with Crippen LogP contribution in [0.2, 0.25) is 0 Å². The maximum Gasteiger partial charge on any atom is 0.256 e. The Morgan fingerprint density at radius 2 is 2.11 bits per heavy atom. The van der Waals surface area contributed by atoms with E-state index < -0.39 is 0 Å². The molecular formula is C13H11BrN2OS. The SMILES string of the molecule is Cc1c(Br)cccc1C(=O)Nc1ccc(=S)[nH]c1. The molecule has 2 rings (SSSR count). The van der Waals surface area contributed by atoms with E-state index >= 15 is 0 Å². The first kappa shape index (κ1) is 13.0. The summed E-state index contributed by atoms with van der Waals surface area (Å²) in [5.74, 6) is -0.140. The lowest BCUT2D eigenvalue weighted by molar-refractivity contribution is 0.102. The molecule has 1 aromatic carbocycles. The van der Waals surface area contributed by atoms with Crippen molar-refractivity contribution in [1.82, 2.24) is 4.98 Å². The molecule has 0 spiro atoms. The van der Waals surface area contributed by atoms with Crippen molar-refractivity contribution in [2.24, 2.45) is 0 Å². The summed E-state index contributed by atoms with van der Waals surface area (Å²) in [4.78, 5) is 15.0. The Kier molecular flexibility index (Phi) is 3.93. The van der Waals surface area contributed by atoms with Crippen LogP contribution in [0.1, 0.15) is 15.9 Å². The molecule has 0 fully saturated rings. The minimum absolute atomic E-state index is 0.140. The van der Waals surface area contributed by atoms with Crippen LogP contribution in [0.4, 0.5) is 5.69 Å². The maximum absolute atomic E-state index is 12.1. The van der Waals surface area contributed by atoms with Gasteiger partial charge in [-0.3, -0.25) is 4.79 Å². The fraction of sp³-hybridized carbons (Fsp3) is 0.0769. The molecule has 0 saturated carbocycles. The minimum Gasteiger partial charge on any atom is -0.351 e. The quantitative estimate of drug-likeness (QED) is 0.819. The third-order valence-corrected chi connectivity index (χ3v) is 3.67. The Hall–Kier alpha value is -1.46. The van der Waals surface area contributed by atoms with Gasteiger partial charge in [0.25, 0.3) is 5.91 Å². The second-order valence-electron chi connectivity index (χ2n) is 3.81. The van der Waals surface area contributed by atoms with Gasteiger partial charge < -0.3 is 10.3 Å². The number of hydrogen-bond acceptors (Lipinski definition) is 2. The molecule has 18 heavy (non-hydrogen) atoms. The first-order chi connectivity index (χ1) is 8.58. The van der Waals surface area contributed by atoms with Gasteiger partial charge in [-0.1, -0.05) is 34.2 Å². The summed E-state index contributed by atoms with van der Waals surface area (Å²) in [5.41, 5.74) is 2.25. The van der Waals surface area contributed by atoms with Gasteiger partial charge in [-0.05, 0) is 36.8 Å². The lowest BCUT2D eigenvalue weighted by Crippen LogP contribution is -2.13. The van der Waals surface area contributed by atoms with Gasteiger partial charge in [0.1, 0.15) is 4.64 Å². The Balaban J connectivity index is 2.24. The molecule has 0 radical (unpaired) electrons. The van der Waals surface area contributed by atoms with Crippen molar-refractivity contribution in [2.45, 2.75) is 6.92 Å². The normalized spacial score (nSPS) is 10.1. The smallest absolute Gasteiger partial charge is 0.256 e. The van der Waals surface area contributed by atoms with Gasteiger partial charge in [-0.25, -0.2) is 0 Å². The molecule has 1 aromatic heterocycles. The van der Waals surface area contributed by atoms with Gasteiger partial charge >= 0.3 is 0 Å². The predicted molar refractivity (Wildman–Crippen MR) is 78.5 cm³/mol. The molecule has 0 atom stereocenters. The summed E-state index contributed by atoms with van der Waals surface area (Å²) in [6.45, 7) is 1.90. The minimum atomic E-state index is -0.140. The fourth-order valence-corrected chi connectivity index (χ4v) is 2.03. The highest BCUT2D eigenvalue weighted by atomic mass is 79.9. The fourth-order valence-electron chi connectivity index (χ4n) is 1.54. The number of rotatable bonds is 2. The average Bonchev–Trinajstić information content (AvgIpc) is 2.35. The lowest BCUT2D eigenvalue weighted by Gasteiger charge is -2.08. The third-order valence-electron chi connectivity index (χ3n) is 2.55. The lowest BCUT2D eigenvalue weighted by atomic mass is 10.1. The highest BCUT2D eigenvalue weighted by molar-refractivity contribution is 9.10. The van der Waals surface area contributed by atoms with E-state index in [4.69, 9.17) is 12.2 Å².